The number of nitrogens with one attached hydrogen (secondary N) is 2. The van der Waals surface area contributed by atoms with E-state index >= 15 is 0 Å². The SMILES string of the molecule is O=C(NCC1(CO)CCCC1)Nc1ccc(F)cc1F. The largest absolute Gasteiger partial charge is 0.396 e. The Morgan fingerprint density at radius 2 is 2.00 bits per heavy atom. The van der Waals surface area contributed by atoms with Gasteiger partial charge in [-0.2, -0.15) is 0 Å². The van der Waals surface area contributed by atoms with Gasteiger partial charge in [0.1, 0.15) is 11.6 Å². The summed E-state index contributed by atoms with van der Waals surface area (Å²) in [5.41, 5.74) is -0.341. The van der Waals surface area contributed by atoms with Crippen LogP contribution in [0.25, 0.3) is 0 Å². The Balaban J connectivity index is 1.89. The topological polar surface area (TPSA) is 61.4 Å². The first-order valence-electron chi connectivity index (χ1n) is 6.65. The lowest BCUT2D eigenvalue weighted by Gasteiger charge is -2.26. The molecular weight excluding hydrogens is 266 g/mol. The fourth-order valence-corrected chi connectivity index (χ4v) is 2.54. The summed E-state index contributed by atoms with van der Waals surface area (Å²) in [7, 11) is 0. The van der Waals surface area contributed by atoms with Gasteiger partial charge in [0.05, 0.1) is 12.3 Å². The highest BCUT2D eigenvalue weighted by Crippen LogP contribution is 2.36. The molecule has 1 saturated carbocycles. The summed E-state index contributed by atoms with van der Waals surface area (Å²) in [6.07, 6.45) is 3.82. The van der Waals surface area contributed by atoms with E-state index in [9.17, 15) is 18.7 Å². The van der Waals surface area contributed by atoms with Crippen molar-refractivity contribution >= 4 is 11.7 Å². The summed E-state index contributed by atoms with van der Waals surface area (Å²) in [5, 5.41) is 14.4. The van der Waals surface area contributed by atoms with Crippen molar-refractivity contribution in [1.82, 2.24) is 5.32 Å². The van der Waals surface area contributed by atoms with Gasteiger partial charge in [-0.1, -0.05) is 12.8 Å². The third-order valence-electron chi connectivity index (χ3n) is 3.80. The van der Waals surface area contributed by atoms with E-state index in [1.807, 2.05) is 0 Å². The van der Waals surface area contributed by atoms with Gasteiger partial charge in [0, 0.05) is 18.0 Å². The van der Waals surface area contributed by atoms with Crippen LogP contribution in [0.3, 0.4) is 0 Å². The Morgan fingerprint density at radius 1 is 1.30 bits per heavy atom. The number of hydrogen-bond donors (Lipinski definition) is 3. The molecule has 1 fully saturated rings. The molecule has 0 radical (unpaired) electrons. The highest BCUT2D eigenvalue weighted by atomic mass is 19.1. The van der Waals surface area contributed by atoms with Crippen molar-refractivity contribution in [2.45, 2.75) is 25.7 Å². The Bertz CT molecular complexity index is 488. The van der Waals surface area contributed by atoms with Crippen LogP contribution in [0.15, 0.2) is 18.2 Å². The maximum Gasteiger partial charge on any atom is 0.319 e. The zero-order valence-corrected chi connectivity index (χ0v) is 11.1. The number of aliphatic hydroxyl groups is 1. The maximum absolute atomic E-state index is 13.4. The minimum Gasteiger partial charge on any atom is -0.396 e. The summed E-state index contributed by atoms with van der Waals surface area (Å²) in [6, 6.07) is 2.39. The quantitative estimate of drug-likeness (QED) is 0.796. The molecule has 2 rings (SSSR count). The van der Waals surface area contributed by atoms with Crippen LogP contribution in [0.5, 0.6) is 0 Å². The summed E-state index contributed by atoms with van der Waals surface area (Å²) in [5.74, 6) is -1.52. The van der Waals surface area contributed by atoms with Crippen LogP contribution in [0.1, 0.15) is 25.7 Å². The van der Waals surface area contributed by atoms with Crippen molar-refractivity contribution < 1.29 is 18.7 Å². The van der Waals surface area contributed by atoms with Gasteiger partial charge < -0.3 is 15.7 Å². The molecule has 1 aromatic carbocycles. The van der Waals surface area contributed by atoms with Crippen LogP contribution >= 0.6 is 0 Å². The predicted molar refractivity (Wildman–Crippen MR) is 71.4 cm³/mol. The Hall–Kier alpha value is -1.69. The van der Waals surface area contributed by atoms with Crippen molar-refractivity contribution in [3.8, 4) is 0 Å². The summed E-state index contributed by atoms with van der Waals surface area (Å²) in [6.45, 7) is 0.371. The van der Waals surface area contributed by atoms with E-state index < -0.39 is 17.7 Å². The van der Waals surface area contributed by atoms with Gasteiger partial charge in [-0.25, -0.2) is 13.6 Å². The van der Waals surface area contributed by atoms with Crippen LogP contribution in [0.2, 0.25) is 0 Å². The lowest BCUT2D eigenvalue weighted by atomic mass is 9.87. The normalized spacial score (nSPS) is 16.9. The summed E-state index contributed by atoms with van der Waals surface area (Å²) in [4.78, 5) is 11.7. The molecule has 0 spiro atoms. The molecule has 1 aliphatic carbocycles. The molecule has 6 heteroatoms. The van der Waals surface area contributed by atoms with Gasteiger partial charge in [0.15, 0.2) is 0 Å². The van der Waals surface area contributed by atoms with Gasteiger partial charge >= 0.3 is 6.03 Å². The van der Waals surface area contributed by atoms with Crippen molar-refractivity contribution in [2.75, 3.05) is 18.5 Å². The molecule has 0 heterocycles. The van der Waals surface area contributed by atoms with E-state index in [-0.39, 0.29) is 17.7 Å². The number of aliphatic hydroxyl groups excluding tert-OH is 1. The minimum atomic E-state index is -0.821. The lowest BCUT2D eigenvalue weighted by Crippen LogP contribution is -2.40. The molecule has 0 aliphatic heterocycles. The molecular formula is C14H18F2N2O2. The molecule has 0 unspecified atom stereocenters. The van der Waals surface area contributed by atoms with E-state index in [1.54, 1.807) is 0 Å². The Labute approximate surface area is 116 Å². The summed E-state index contributed by atoms with van der Waals surface area (Å²) >= 11 is 0. The lowest BCUT2D eigenvalue weighted by molar-refractivity contribution is 0.130. The van der Waals surface area contributed by atoms with E-state index in [1.165, 1.54) is 6.07 Å². The Morgan fingerprint density at radius 3 is 2.60 bits per heavy atom. The summed E-state index contributed by atoms with van der Waals surface area (Å²) < 4.78 is 26.1. The average Bonchev–Trinajstić information content (AvgIpc) is 2.89. The van der Waals surface area contributed by atoms with Crippen LogP contribution in [0, 0.1) is 17.0 Å². The zero-order valence-electron chi connectivity index (χ0n) is 11.1. The van der Waals surface area contributed by atoms with Gasteiger partial charge in [-0.15, -0.1) is 0 Å². The molecule has 1 aliphatic rings. The molecule has 2 amide bonds. The number of carbonyl (C=O) groups is 1. The monoisotopic (exact) mass is 284 g/mol. The number of hydrogen-bond acceptors (Lipinski definition) is 2. The van der Waals surface area contributed by atoms with Gasteiger partial charge in [0.2, 0.25) is 0 Å². The number of amides is 2. The first kappa shape index (κ1) is 14.7. The van der Waals surface area contributed by atoms with Gasteiger partial charge in [-0.3, -0.25) is 0 Å². The highest BCUT2D eigenvalue weighted by molar-refractivity contribution is 5.89. The zero-order chi connectivity index (χ0) is 14.6. The number of rotatable bonds is 4. The number of benzene rings is 1. The predicted octanol–water partition coefficient (Wildman–Crippen LogP) is 2.64. The van der Waals surface area contributed by atoms with Crippen molar-refractivity contribution in [1.29, 1.82) is 0 Å². The average molecular weight is 284 g/mol. The molecule has 0 aromatic heterocycles. The van der Waals surface area contributed by atoms with Gasteiger partial charge in [-0.05, 0) is 25.0 Å². The van der Waals surface area contributed by atoms with E-state index in [4.69, 9.17) is 0 Å². The van der Waals surface area contributed by atoms with Crippen molar-refractivity contribution in [3.05, 3.63) is 29.8 Å². The molecule has 110 valence electrons. The van der Waals surface area contributed by atoms with Crippen LogP contribution in [0.4, 0.5) is 19.3 Å². The first-order valence-corrected chi connectivity index (χ1v) is 6.65. The molecule has 4 nitrogen and oxygen atoms in total. The Kier molecular flexibility index (Phi) is 4.54. The first-order chi connectivity index (χ1) is 9.54. The van der Waals surface area contributed by atoms with Crippen LogP contribution in [-0.2, 0) is 0 Å². The van der Waals surface area contributed by atoms with Crippen molar-refractivity contribution in [2.24, 2.45) is 5.41 Å². The van der Waals surface area contributed by atoms with Crippen molar-refractivity contribution in [3.63, 3.8) is 0 Å². The van der Waals surface area contributed by atoms with E-state index in [2.05, 4.69) is 10.6 Å². The third-order valence-corrected chi connectivity index (χ3v) is 3.80. The highest BCUT2D eigenvalue weighted by Gasteiger charge is 2.33. The van der Waals surface area contributed by atoms with Crippen LogP contribution in [-0.4, -0.2) is 24.3 Å². The number of anilines is 1. The fraction of sp³-hybridized carbons (Fsp3) is 0.500. The molecule has 0 saturated heterocycles. The number of carbonyl (C=O) groups excluding carboxylic acids is 1. The molecule has 1 aromatic rings. The van der Waals surface area contributed by atoms with E-state index in [0.29, 0.717) is 12.6 Å². The van der Waals surface area contributed by atoms with E-state index in [0.717, 1.165) is 31.7 Å². The van der Waals surface area contributed by atoms with Gasteiger partial charge in [0.25, 0.3) is 0 Å². The standard InChI is InChI=1S/C14H18F2N2O2/c15-10-3-4-12(11(16)7-10)18-13(20)17-8-14(9-19)5-1-2-6-14/h3-4,7,19H,1-2,5-6,8-9H2,(H2,17,18,20). The second-order valence-corrected chi connectivity index (χ2v) is 5.30. The number of urea groups is 1. The molecule has 0 atom stereocenters. The number of halogens is 2. The second-order valence-electron chi connectivity index (χ2n) is 5.30. The minimum absolute atomic E-state index is 0.0260. The fourth-order valence-electron chi connectivity index (χ4n) is 2.54. The molecule has 20 heavy (non-hydrogen) atoms. The maximum atomic E-state index is 13.4. The van der Waals surface area contributed by atoms with Crippen LogP contribution < -0.4 is 10.6 Å². The molecule has 0 bridgehead atoms. The third kappa shape index (κ3) is 3.45. The smallest absolute Gasteiger partial charge is 0.319 e. The molecule has 3 N–H and O–H groups in total. The second kappa shape index (κ2) is 6.17.